The molecule has 0 aromatic heterocycles. The molecule has 1 aromatic rings. The van der Waals surface area contributed by atoms with E-state index in [9.17, 15) is 13.2 Å². The quantitative estimate of drug-likeness (QED) is 0.919. The molecular weight excluding hydrogens is 306 g/mol. The van der Waals surface area contributed by atoms with E-state index in [1.165, 1.54) is 0 Å². The smallest absolute Gasteiger partial charge is 0.233 e. The predicted octanol–water partition coefficient (Wildman–Crippen LogP) is 1.63. The van der Waals surface area contributed by atoms with Crippen LogP contribution in [0.15, 0.2) is 15.4 Å². The number of halogens is 1. The lowest BCUT2D eigenvalue weighted by Crippen LogP contribution is -2.24. The van der Waals surface area contributed by atoms with Crippen molar-refractivity contribution in [2.45, 2.75) is 25.7 Å². The molecule has 1 rings (SSSR count). The highest BCUT2D eigenvalue weighted by atomic mass is 79.9. The van der Waals surface area contributed by atoms with Gasteiger partial charge in [0, 0.05) is 4.47 Å². The summed E-state index contributed by atoms with van der Waals surface area (Å²) in [5.74, 6) is -1.51. The minimum atomic E-state index is -3.66. The number of primary amides is 1. The summed E-state index contributed by atoms with van der Waals surface area (Å²) in [6, 6.07) is 1.77. The normalized spacial score (nSPS) is 11.5. The van der Waals surface area contributed by atoms with Crippen LogP contribution < -0.4 is 5.73 Å². The second-order valence-electron chi connectivity index (χ2n) is 4.00. The molecule has 6 heteroatoms. The van der Waals surface area contributed by atoms with Crippen LogP contribution in [-0.2, 0) is 14.6 Å². The molecule has 0 bridgehead atoms. The van der Waals surface area contributed by atoms with Gasteiger partial charge in [0.2, 0.25) is 5.91 Å². The number of sulfone groups is 1. The Morgan fingerprint density at radius 1 is 1.29 bits per heavy atom. The summed E-state index contributed by atoms with van der Waals surface area (Å²) in [5.41, 5.74) is 7.15. The Morgan fingerprint density at radius 3 is 2.29 bits per heavy atom. The Balaban J connectivity index is 3.53. The largest absolute Gasteiger partial charge is 0.369 e. The molecule has 94 valence electrons. The first-order valence-corrected chi connectivity index (χ1v) is 7.38. The monoisotopic (exact) mass is 319 g/mol. The lowest BCUT2D eigenvalue weighted by atomic mass is 10.1. The van der Waals surface area contributed by atoms with Crippen molar-refractivity contribution in [3.05, 3.63) is 27.2 Å². The van der Waals surface area contributed by atoms with Gasteiger partial charge in [-0.05, 0) is 37.5 Å². The van der Waals surface area contributed by atoms with Crippen LogP contribution >= 0.6 is 15.9 Å². The highest BCUT2D eigenvalue weighted by Gasteiger charge is 2.23. The molecule has 1 amide bonds. The summed E-state index contributed by atoms with van der Waals surface area (Å²) in [4.78, 5) is 11.0. The Hall–Kier alpha value is -0.880. The van der Waals surface area contributed by atoms with Gasteiger partial charge in [-0.3, -0.25) is 4.79 Å². The SMILES string of the molecule is Cc1cc(C)c(S(=O)(=O)CC(N)=O)c(C)c1Br. The molecule has 0 aliphatic heterocycles. The lowest BCUT2D eigenvalue weighted by Gasteiger charge is -2.13. The number of aryl methyl sites for hydroxylation is 2. The minimum Gasteiger partial charge on any atom is -0.369 e. The average Bonchev–Trinajstić information content (AvgIpc) is 2.11. The first-order valence-electron chi connectivity index (χ1n) is 4.94. The van der Waals surface area contributed by atoms with E-state index in [2.05, 4.69) is 15.9 Å². The van der Waals surface area contributed by atoms with Crippen LogP contribution in [0.25, 0.3) is 0 Å². The summed E-state index contributed by atoms with van der Waals surface area (Å²) in [6.45, 7) is 5.30. The second kappa shape index (κ2) is 4.78. The van der Waals surface area contributed by atoms with Gasteiger partial charge in [-0.25, -0.2) is 8.42 Å². The maximum absolute atomic E-state index is 12.0. The molecule has 0 heterocycles. The number of hydrogen-bond acceptors (Lipinski definition) is 3. The zero-order chi connectivity index (χ0) is 13.4. The Kier molecular flexibility index (Phi) is 3.99. The predicted molar refractivity (Wildman–Crippen MR) is 69.6 cm³/mol. The summed E-state index contributed by atoms with van der Waals surface area (Å²) >= 11 is 3.34. The zero-order valence-electron chi connectivity index (χ0n) is 9.87. The van der Waals surface area contributed by atoms with E-state index in [0.717, 1.165) is 10.0 Å². The molecule has 1 aromatic carbocycles. The van der Waals surface area contributed by atoms with Crippen LogP contribution in [0.4, 0.5) is 0 Å². The molecule has 0 radical (unpaired) electrons. The lowest BCUT2D eigenvalue weighted by molar-refractivity contribution is -0.115. The van der Waals surface area contributed by atoms with Gasteiger partial charge < -0.3 is 5.73 Å². The third-order valence-electron chi connectivity index (χ3n) is 2.45. The van der Waals surface area contributed by atoms with Crippen molar-refractivity contribution in [2.24, 2.45) is 5.73 Å². The van der Waals surface area contributed by atoms with Crippen molar-refractivity contribution in [3.8, 4) is 0 Å². The molecule has 0 atom stereocenters. The molecule has 4 nitrogen and oxygen atoms in total. The van der Waals surface area contributed by atoms with E-state index >= 15 is 0 Å². The van der Waals surface area contributed by atoms with Gasteiger partial charge in [-0.2, -0.15) is 0 Å². The van der Waals surface area contributed by atoms with Crippen LogP contribution in [0.5, 0.6) is 0 Å². The third kappa shape index (κ3) is 2.87. The highest BCUT2D eigenvalue weighted by molar-refractivity contribution is 9.10. The summed E-state index contributed by atoms with van der Waals surface area (Å²) < 4.78 is 24.8. The zero-order valence-corrected chi connectivity index (χ0v) is 12.3. The molecule has 0 fully saturated rings. The average molecular weight is 320 g/mol. The Labute approximate surface area is 109 Å². The molecule has 0 aliphatic carbocycles. The van der Waals surface area contributed by atoms with Gasteiger partial charge in [0.1, 0.15) is 5.75 Å². The van der Waals surface area contributed by atoms with Crippen molar-refractivity contribution in [3.63, 3.8) is 0 Å². The Bertz CT molecular complexity index is 579. The fourth-order valence-electron chi connectivity index (χ4n) is 1.88. The van der Waals surface area contributed by atoms with E-state index in [1.807, 2.05) is 6.92 Å². The number of nitrogens with two attached hydrogens (primary N) is 1. The fraction of sp³-hybridized carbons (Fsp3) is 0.364. The van der Waals surface area contributed by atoms with Crippen LogP contribution in [0.2, 0.25) is 0 Å². The van der Waals surface area contributed by atoms with Gasteiger partial charge in [0.25, 0.3) is 0 Å². The van der Waals surface area contributed by atoms with Gasteiger partial charge in [0.15, 0.2) is 9.84 Å². The van der Waals surface area contributed by atoms with Gasteiger partial charge in [-0.1, -0.05) is 22.0 Å². The molecule has 17 heavy (non-hydrogen) atoms. The van der Waals surface area contributed by atoms with Gasteiger partial charge in [-0.15, -0.1) is 0 Å². The first-order chi connectivity index (χ1) is 7.66. The molecule has 0 aliphatic rings. The minimum absolute atomic E-state index is 0.189. The third-order valence-corrected chi connectivity index (χ3v) is 5.59. The van der Waals surface area contributed by atoms with E-state index in [1.54, 1.807) is 19.9 Å². The number of carbonyl (C=O) groups is 1. The first kappa shape index (κ1) is 14.2. The fourth-order valence-corrected chi connectivity index (χ4v) is 3.96. The van der Waals surface area contributed by atoms with E-state index in [0.29, 0.717) is 11.1 Å². The molecule has 0 unspecified atom stereocenters. The maximum Gasteiger partial charge on any atom is 0.233 e. The molecule has 2 N–H and O–H groups in total. The summed E-state index contributed by atoms with van der Waals surface area (Å²) in [6.07, 6.45) is 0. The number of rotatable bonds is 3. The van der Waals surface area contributed by atoms with Crippen LogP contribution in [0.3, 0.4) is 0 Å². The van der Waals surface area contributed by atoms with Crippen LogP contribution in [0, 0.1) is 20.8 Å². The van der Waals surface area contributed by atoms with Crippen molar-refractivity contribution in [1.82, 2.24) is 0 Å². The van der Waals surface area contributed by atoms with E-state index in [-0.39, 0.29) is 4.90 Å². The number of benzene rings is 1. The number of carbonyl (C=O) groups excluding carboxylic acids is 1. The van der Waals surface area contributed by atoms with E-state index in [4.69, 9.17) is 5.73 Å². The van der Waals surface area contributed by atoms with Gasteiger partial charge in [0.05, 0.1) is 4.90 Å². The highest BCUT2D eigenvalue weighted by Crippen LogP contribution is 2.30. The van der Waals surface area contributed by atoms with Crippen molar-refractivity contribution in [2.75, 3.05) is 5.75 Å². The number of hydrogen-bond donors (Lipinski definition) is 1. The Morgan fingerprint density at radius 2 is 1.82 bits per heavy atom. The second-order valence-corrected chi connectivity index (χ2v) is 6.72. The van der Waals surface area contributed by atoms with Crippen molar-refractivity contribution in [1.29, 1.82) is 0 Å². The molecule has 0 spiro atoms. The van der Waals surface area contributed by atoms with Gasteiger partial charge >= 0.3 is 0 Å². The molecule has 0 saturated carbocycles. The topological polar surface area (TPSA) is 77.2 Å². The maximum atomic E-state index is 12.0. The summed E-state index contributed by atoms with van der Waals surface area (Å²) in [7, 11) is -3.66. The standard InChI is InChI=1S/C11H14BrNO3S/c1-6-4-7(2)11(8(3)10(6)12)17(15,16)5-9(13)14/h4H,5H2,1-3H3,(H2,13,14). The molecule has 0 saturated heterocycles. The van der Waals surface area contributed by atoms with E-state index < -0.39 is 21.5 Å². The number of amides is 1. The van der Waals surface area contributed by atoms with Crippen LogP contribution in [0.1, 0.15) is 16.7 Å². The molecular formula is C11H14BrNO3S. The summed E-state index contributed by atoms with van der Waals surface area (Å²) in [5, 5.41) is 0. The van der Waals surface area contributed by atoms with Crippen molar-refractivity contribution < 1.29 is 13.2 Å². The van der Waals surface area contributed by atoms with Crippen LogP contribution in [-0.4, -0.2) is 20.1 Å². The van der Waals surface area contributed by atoms with Crippen molar-refractivity contribution >= 4 is 31.7 Å².